The number of nitrogens with one attached hydrogen (secondary N) is 2. The molecule has 0 heterocycles. The highest BCUT2D eigenvalue weighted by atomic mass is 79.9. The second kappa shape index (κ2) is 6.38. The van der Waals surface area contributed by atoms with E-state index in [1.807, 2.05) is 0 Å². The van der Waals surface area contributed by atoms with E-state index >= 15 is 0 Å². The fraction of sp³-hybridized carbons (Fsp3) is 0.538. The van der Waals surface area contributed by atoms with Crippen molar-refractivity contribution in [2.45, 2.75) is 32.9 Å². The molecule has 0 bridgehead atoms. The molecule has 0 radical (unpaired) electrons. The summed E-state index contributed by atoms with van der Waals surface area (Å²) in [4.78, 5) is 0. The Morgan fingerprint density at radius 2 is 1.69 bits per heavy atom. The maximum Gasteiger partial charge on any atom is 0.0206 e. The fourth-order valence-electron chi connectivity index (χ4n) is 1.36. The summed E-state index contributed by atoms with van der Waals surface area (Å²) in [5.74, 6) is 0. The third kappa shape index (κ3) is 6.26. The highest BCUT2D eigenvalue weighted by Gasteiger charge is 2.06. The Balaban J connectivity index is 2.14. The molecule has 0 saturated heterocycles. The predicted octanol–water partition coefficient (Wildman–Crippen LogP) is 2.93. The first-order valence-electron chi connectivity index (χ1n) is 5.67. The molecule has 0 unspecified atom stereocenters. The van der Waals surface area contributed by atoms with Gasteiger partial charge in [-0.1, -0.05) is 28.1 Å². The maximum atomic E-state index is 3.45. The fourth-order valence-corrected chi connectivity index (χ4v) is 1.63. The van der Waals surface area contributed by atoms with Crippen LogP contribution in [0.3, 0.4) is 0 Å². The van der Waals surface area contributed by atoms with Crippen molar-refractivity contribution in [3.05, 3.63) is 34.3 Å². The van der Waals surface area contributed by atoms with Gasteiger partial charge in [0.15, 0.2) is 0 Å². The lowest BCUT2D eigenvalue weighted by molar-refractivity contribution is 0.421. The Labute approximate surface area is 107 Å². The minimum Gasteiger partial charge on any atom is -0.311 e. The molecule has 0 fully saturated rings. The molecule has 0 aromatic heterocycles. The van der Waals surface area contributed by atoms with Crippen LogP contribution in [0.2, 0.25) is 0 Å². The monoisotopic (exact) mass is 284 g/mol. The number of rotatable bonds is 5. The van der Waals surface area contributed by atoms with E-state index < -0.39 is 0 Å². The lowest BCUT2D eigenvalue weighted by Gasteiger charge is -2.20. The van der Waals surface area contributed by atoms with Crippen molar-refractivity contribution >= 4 is 15.9 Å². The average Bonchev–Trinajstić information content (AvgIpc) is 2.19. The predicted molar refractivity (Wildman–Crippen MR) is 73.6 cm³/mol. The second-order valence-corrected chi connectivity index (χ2v) is 5.90. The summed E-state index contributed by atoms with van der Waals surface area (Å²) in [7, 11) is 0. The Kier molecular flexibility index (Phi) is 5.46. The highest BCUT2D eigenvalue weighted by molar-refractivity contribution is 9.10. The van der Waals surface area contributed by atoms with Gasteiger partial charge in [0.05, 0.1) is 0 Å². The van der Waals surface area contributed by atoms with Gasteiger partial charge in [-0.15, -0.1) is 0 Å². The summed E-state index contributed by atoms with van der Waals surface area (Å²) in [6.07, 6.45) is 0. The molecule has 1 aromatic rings. The van der Waals surface area contributed by atoms with Crippen LogP contribution in [-0.4, -0.2) is 18.6 Å². The summed E-state index contributed by atoms with van der Waals surface area (Å²) in [5, 5.41) is 6.86. The maximum absolute atomic E-state index is 3.45. The van der Waals surface area contributed by atoms with Crippen molar-refractivity contribution in [3.63, 3.8) is 0 Å². The standard InChI is InChI=1S/C13H21BrN2/c1-13(2,3)16-9-8-15-10-11-4-6-12(14)7-5-11/h4-7,15-16H,8-10H2,1-3H3. The minimum atomic E-state index is 0.208. The smallest absolute Gasteiger partial charge is 0.0206 e. The number of halogens is 1. The summed E-state index contributed by atoms with van der Waals surface area (Å²) in [6, 6.07) is 8.41. The summed E-state index contributed by atoms with van der Waals surface area (Å²) in [6.45, 7) is 9.47. The van der Waals surface area contributed by atoms with E-state index in [1.165, 1.54) is 5.56 Å². The molecule has 0 amide bonds. The van der Waals surface area contributed by atoms with Gasteiger partial charge in [-0.05, 0) is 38.5 Å². The quantitative estimate of drug-likeness (QED) is 0.813. The molecular formula is C13H21BrN2. The first-order valence-corrected chi connectivity index (χ1v) is 6.47. The molecule has 2 N–H and O–H groups in total. The van der Waals surface area contributed by atoms with Gasteiger partial charge < -0.3 is 10.6 Å². The van der Waals surface area contributed by atoms with E-state index in [1.54, 1.807) is 0 Å². The Morgan fingerprint density at radius 3 is 2.25 bits per heavy atom. The Morgan fingerprint density at radius 1 is 1.06 bits per heavy atom. The molecule has 3 heteroatoms. The molecule has 0 aliphatic heterocycles. The van der Waals surface area contributed by atoms with Crippen LogP contribution in [0.1, 0.15) is 26.3 Å². The van der Waals surface area contributed by atoms with Gasteiger partial charge in [-0.25, -0.2) is 0 Å². The average molecular weight is 285 g/mol. The normalized spacial score (nSPS) is 11.8. The van der Waals surface area contributed by atoms with Gasteiger partial charge in [0.25, 0.3) is 0 Å². The molecule has 0 aliphatic carbocycles. The second-order valence-electron chi connectivity index (χ2n) is 4.98. The van der Waals surface area contributed by atoms with Crippen molar-refractivity contribution in [1.82, 2.24) is 10.6 Å². The largest absolute Gasteiger partial charge is 0.311 e. The van der Waals surface area contributed by atoms with Crippen molar-refractivity contribution in [2.24, 2.45) is 0 Å². The van der Waals surface area contributed by atoms with Gasteiger partial charge >= 0.3 is 0 Å². The van der Waals surface area contributed by atoms with Crippen LogP contribution in [0.5, 0.6) is 0 Å². The van der Waals surface area contributed by atoms with Gasteiger partial charge in [-0.2, -0.15) is 0 Å². The lowest BCUT2D eigenvalue weighted by Crippen LogP contribution is -2.40. The first-order chi connectivity index (χ1) is 7.47. The van der Waals surface area contributed by atoms with Gasteiger partial charge in [0.2, 0.25) is 0 Å². The van der Waals surface area contributed by atoms with Gasteiger partial charge in [0, 0.05) is 29.6 Å². The van der Waals surface area contributed by atoms with Crippen molar-refractivity contribution in [2.75, 3.05) is 13.1 Å². The van der Waals surface area contributed by atoms with Crippen LogP contribution in [-0.2, 0) is 6.54 Å². The molecule has 0 saturated carbocycles. The zero-order chi connectivity index (χ0) is 12.0. The first kappa shape index (κ1) is 13.7. The molecular weight excluding hydrogens is 264 g/mol. The van der Waals surface area contributed by atoms with Crippen LogP contribution < -0.4 is 10.6 Å². The summed E-state index contributed by atoms with van der Waals surface area (Å²) < 4.78 is 1.13. The molecule has 0 atom stereocenters. The van der Waals surface area contributed by atoms with Crippen LogP contribution in [0.25, 0.3) is 0 Å². The molecule has 0 aliphatic rings. The SMILES string of the molecule is CC(C)(C)NCCNCc1ccc(Br)cc1. The van der Waals surface area contributed by atoms with E-state index in [9.17, 15) is 0 Å². The van der Waals surface area contributed by atoms with E-state index in [4.69, 9.17) is 0 Å². The van der Waals surface area contributed by atoms with Crippen molar-refractivity contribution in [3.8, 4) is 0 Å². The van der Waals surface area contributed by atoms with Crippen LogP contribution >= 0.6 is 15.9 Å². The minimum absolute atomic E-state index is 0.208. The highest BCUT2D eigenvalue weighted by Crippen LogP contribution is 2.09. The Hall–Kier alpha value is -0.380. The third-order valence-electron chi connectivity index (χ3n) is 2.20. The van der Waals surface area contributed by atoms with E-state index in [2.05, 4.69) is 71.6 Å². The molecule has 16 heavy (non-hydrogen) atoms. The number of hydrogen-bond donors (Lipinski definition) is 2. The summed E-state index contributed by atoms with van der Waals surface area (Å²) in [5.41, 5.74) is 1.53. The zero-order valence-corrected chi connectivity index (χ0v) is 11.9. The lowest BCUT2D eigenvalue weighted by atomic mass is 10.1. The van der Waals surface area contributed by atoms with E-state index in [0.29, 0.717) is 0 Å². The topological polar surface area (TPSA) is 24.1 Å². The van der Waals surface area contributed by atoms with E-state index in [-0.39, 0.29) is 5.54 Å². The number of hydrogen-bond acceptors (Lipinski definition) is 2. The molecule has 1 rings (SSSR count). The molecule has 0 spiro atoms. The van der Waals surface area contributed by atoms with Crippen molar-refractivity contribution in [1.29, 1.82) is 0 Å². The molecule has 2 nitrogen and oxygen atoms in total. The molecule has 1 aromatic carbocycles. The van der Waals surface area contributed by atoms with Crippen LogP contribution in [0.4, 0.5) is 0 Å². The van der Waals surface area contributed by atoms with Gasteiger partial charge in [0.1, 0.15) is 0 Å². The van der Waals surface area contributed by atoms with E-state index in [0.717, 1.165) is 24.1 Å². The van der Waals surface area contributed by atoms with Gasteiger partial charge in [-0.3, -0.25) is 0 Å². The molecule has 90 valence electrons. The van der Waals surface area contributed by atoms with Crippen LogP contribution in [0.15, 0.2) is 28.7 Å². The van der Waals surface area contributed by atoms with Crippen molar-refractivity contribution < 1.29 is 0 Å². The Bertz CT molecular complexity index is 301. The third-order valence-corrected chi connectivity index (χ3v) is 2.73. The zero-order valence-electron chi connectivity index (χ0n) is 10.3. The van der Waals surface area contributed by atoms with Crippen LogP contribution in [0, 0.1) is 0 Å². The number of benzene rings is 1. The summed E-state index contributed by atoms with van der Waals surface area (Å²) >= 11 is 3.43.